The molecule has 0 spiro atoms. The number of aromatic nitrogens is 2. The third-order valence-electron chi connectivity index (χ3n) is 2.45. The zero-order valence-corrected chi connectivity index (χ0v) is 10.7. The lowest BCUT2D eigenvalue weighted by Gasteiger charge is -2.22. The summed E-state index contributed by atoms with van der Waals surface area (Å²) < 4.78 is 0. The lowest BCUT2D eigenvalue weighted by molar-refractivity contribution is -0.128. The Morgan fingerprint density at radius 1 is 1.33 bits per heavy atom. The highest BCUT2D eigenvalue weighted by Crippen LogP contribution is 2.13. The van der Waals surface area contributed by atoms with Crippen molar-refractivity contribution in [2.24, 2.45) is 5.41 Å². The molecule has 0 saturated heterocycles. The van der Waals surface area contributed by atoms with Crippen molar-refractivity contribution < 1.29 is 9.59 Å². The van der Waals surface area contributed by atoms with Gasteiger partial charge in [-0.05, 0) is 26.0 Å². The van der Waals surface area contributed by atoms with Crippen molar-refractivity contribution in [1.29, 1.82) is 0 Å². The van der Waals surface area contributed by atoms with E-state index in [0.29, 0.717) is 0 Å². The molecule has 1 rings (SSSR count). The van der Waals surface area contributed by atoms with E-state index < -0.39 is 5.41 Å². The number of rotatable bonds is 4. The summed E-state index contributed by atoms with van der Waals surface area (Å²) in [5.41, 5.74) is 4.84. The number of anilines is 1. The van der Waals surface area contributed by atoms with Gasteiger partial charge in [-0.1, -0.05) is 0 Å². The SMILES string of the molecule is CNC(=O)C(C)(C)CNC(=O)c1ccc(N)nn1. The molecule has 0 unspecified atom stereocenters. The third kappa shape index (κ3) is 3.41. The van der Waals surface area contributed by atoms with Gasteiger partial charge < -0.3 is 16.4 Å². The average molecular weight is 251 g/mol. The smallest absolute Gasteiger partial charge is 0.271 e. The summed E-state index contributed by atoms with van der Waals surface area (Å²) in [6.07, 6.45) is 0. The second kappa shape index (κ2) is 5.44. The highest BCUT2D eigenvalue weighted by molar-refractivity contribution is 5.92. The van der Waals surface area contributed by atoms with Crippen LogP contribution in [0.5, 0.6) is 0 Å². The maximum atomic E-state index is 11.7. The van der Waals surface area contributed by atoms with Gasteiger partial charge in [-0.3, -0.25) is 9.59 Å². The number of nitrogens with zero attached hydrogens (tertiary/aromatic N) is 2. The topological polar surface area (TPSA) is 110 Å². The van der Waals surface area contributed by atoms with E-state index in [2.05, 4.69) is 20.8 Å². The van der Waals surface area contributed by atoms with Crippen LogP contribution in [-0.4, -0.2) is 35.6 Å². The van der Waals surface area contributed by atoms with E-state index in [4.69, 9.17) is 5.73 Å². The van der Waals surface area contributed by atoms with Gasteiger partial charge in [0.2, 0.25) is 5.91 Å². The van der Waals surface area contributed by atoms with Gasteiger partial charge in [-0.25, -0.2) is 0 Å². The van der Waals surface area contributed by atoms with E-state index in [-0.39, 0.29) is 29.9 Å². The van der Waals surface area contributed by atoms with Crippen molar-refractivity contribution in [3.63, 3.8) is 0 Å². The Labute approximate surface area is 105 Å². The Morgan fingerprint density at radius 3 is 2.50 bits per heavy atom. The molecular formula is C11H17N5O2. The first-order valence-corrected chi connectivity index (χ1v) is 5.46. The standard InChI is InChI=1S/C11H17N5O2/c1-11(2,10(18)13-3)6-14-9(17)7-4-5-8(12)16-15-7/h4-5H,6H2,1-3H3,(H2,12,16)(H,13,18)(H,14,17). The highest BCUT2D eigenvalue weighted by Gasteiger charge is 2.27. The van der Waals surface area contributed by atoms with E-state index in [1.54, 1.807) is 20.9 Å². The van der Waals surface area contributed by atoms with E-state index in [1.165, 1.54) is 12.1 Å². The van der Waals surface area contributed by atoms with Gasteiger partial charge in [0.05, 0.1) is 5.41 Å². The average Bonchev–Trinajstić information content (AvgIpc) is 2.35. The van der Waals surface area contributed by atoms with Crippen LogP contribution in [-0.2, 0) is 4.79 Å². The van der Waals surface area contributed by atoms with Gasteiger partial charge in [0.25, 0.3) is 5.91 Å². The number of nitrogen functional groups attached to an aromatic ring is 1. The maximum absolute atomic E-state index is 11.7. The fourth-order valence-corrected chi connectivity index (χ4v) is 1.27. The van der Waals surface area contributed by atoms with Crippen LogP contribution in [0.4, 0.5) is 5.82 Å². The fourth-order valence-electron chi connectivity index (χ4n) is 1.27. The molecule has 0 bridgehead atoms. The molecule has 98 valence electrons. The summed E-state index contributed by atoms with van der Waals surface area (Å²) in [6.45, 7) is 3.68. The normalized spacial score (nSPS) is 10.8. The largest absolute Gasteiger partial charge is 0.382 e. The highest BCUT2D eigenvalue weighted by atomic mass is 16.2. The first-order chi connectivity index (χ1) is 8.36. The van der Waals surface area contributed by atoms with Crippen LogP contribution in [0.1, 0.15) is 24.3 Å². The van der Waals surface area contributed by atoms with Crippen molar-refractivity contribution in [1.82, 2.24) is 20.8 Å². The van der Waals surface area contributed by atoms with Gasteiger partial charge in [-0.2, -0.15) is 0 Å². The first kappa shape index (κ1) is 13.9. The Bertz CT molecular complexity index is 441. The molecule has 7 heteroatoms. The summed E-state index contributed by atoms with van der Waals surface area (Å²) in [5, 5.41) is 12.4. The van der Waals surface area contributed by atoms with Crippen LogP contribution in [0.25, 0.3) is 0 Å². The molecule has 7 nitrogen and oxygen atoms in total. The first-order valence-electron chi connectivity index (χ1n) is 5.46. The molecule has 0 radical (unpaired) electrons. The molecule has 0 aliphatic heterocycles. The van der Waals surface area contributed by atoms with E-state index in [9.17, 15) is 9.59 Å². The maximum Gasteiger partial charge on any atom is 0.271 e. The minimum Gasteiger partial charge on any atom is -0.382 e. The van der Waals surface area contributed by atoms with Crippen LogP contribution in [0.3, 0.4) is 0 Å². The lowest BCUT2D eigenvalue weighted by atomic mass is 9.92. The lowest BCUT2D eigenvalue weighted by Crippen LogP contribution is -2.43. The summed E-state index contributed by atoms with van der Waals surface area (Å²) >= 11 is 0. The Balaban J connectivity index is 2.61. The molecule has 4 N–H and O–H groups in total. The molecule has 2 amide bonds. The minimum absolute atomic E-state index is 0.147. The number of hydrogen-bond acceptors (Lipinski definition) is 5. The molecule has 18 heavy (non-hydrogen) atoms. The Hall–Kier alpha value is -2.18. The molecule has 0 fully saturated rings. The van der Waals surface area contributed by atoms with E-state index in [0.717, 1.165) is 0 Å². The monoisotopic (exact) mass is 251 g/mol. The van der Waals surface area contributed by atoms with Crippen LogP contribution >= 0.6 is 0 Å². The minimum atomic E-state index is -0.689. The number of nitrogens with one attached hydrogen (secondary N) is 2. The summed E-state index contributed by atoms with van der Waals surface area (Å²) in [4.78, 5) is 23.2. The van der Waals surface area contributed by atoms with E-state index >= 15 is 0 Å². The number of nitrogens with two attached hydrogens (primary N) is 1. The zero-order chi connectivity index (χ0) is 13.8. The second-order valence-corrected chi connectivity index (χ2v) is 4.49. The molecule has 0 saturated carbocycles. The van der Waals surface area contributed by atoms with E-state index in [1.807, 2.05) is 0 Å². The molecule has 1 aromatic heterocycles. The van der Waals surface area contributed by atoms with Gasteiger partial charge in [0, 0.05) is 13.6 Å². The van der Waals surface area contributed by atoms with Crippen LogP contribution in [0, 0.1) is 5.41 Å². The third-order valence-corrected chi connectivity index (χ3v) is 2.45. The Kier molecular flexibility index (Phi) is 4.19. The van der Waals surface area contributed by atoms with Crippen LogP contribution in [0.2, 0.25) is 0 Å². The molecule has 0 aromatic carbocycles. The number of amides is 2. The number of carbonyl (C=O) groups is 2. The second-order valence-electron chi connectivity index (χ2n) is 4.49. The van der Waals surface area contributed by atoms with Crippen LogP contribution in [0.15, 0.2) is 12.1 Å². The molecule has 1 aromatic rings. The van der Waals surface area contributed by atoms with Gasteiger partial charge in [0.15, 0.2) is 5.69 Å². The van der Waals surface area contributed by atoms with Crippen molar-refractivity contribution in [3.05, 3.63) is 17.8 Å². The van der Waals surface area contributed by atoms with Gasteiger partial charge >= 0.3 is 0 Å². The Morgan fingerprint density at radius 2 is 2.00 bits per heavy atom. The van der Waals surface area contributed by atoms with Crippen molar-refractivity contribution in [2.75, 3.05) is 19.3 Å². The van der Waals surface area contributed by atoms with Gasteiger partial charge in [-0.15, -0.1) is 10.2 Å². The molecule has 1 heterocycles. The fraction of sp³-hybridized carbons (Fsp3) is 0.455. The molecule has 0 aliphatic rings. The van der Waals surface area contributed by atoms with Crippen molar-refractivity contribution in [3.8, 4) is 0 Å². The predicted octanol–water partition coefficient (Wildman–Crippen LogP) is -0.439. The molecule has 0 aliphatic carbocycles. The summed E-state index contributed by atoms with van der Waals surface area (Å²) in [5.74, 6) is -0.289. The summed E-state index contributed by atoms with van der Waals surface area (Å²) in [6, 6.07) is 2.97. The number of carbonyl (C=O) groups excluding carboxylic acids is 2. The number of hydrogen-bond donors (Lipinski definition) is 3. The molecular weight excluding hydrogens is 234 g/mol. The van der Waals surface area contributed by atoms with Gasteiger partial charge in [0.1, 0.15) is 5.82 Å². The van der Waals surface area contributed by atoms with Crippen molar-refractivity contribution >= 4 is 17.6 Å². The van der Waals surface area contributed by atoms with Crippen LogP contribution < -0.4 is 16.4 Å². The predicted molar refractivity (Wildman–Crippen MR) is 66.6 cm³/mol. The zero-order valence-electron chi connectivity index (χ0n) is 10.7. The quantitative estimate of drug-likeness (QED) is 0.672. The molecule has 0 atom stereocenters. The summed E-state index contributed by atoms with van der Waals surface area (Å²) in [7, 11) is 1.55. The van der Waals surface area contributed by atoms with Crippen molar-refractivity contribution in [2.45, 2.75) is 13.8 Å².